The van der Waals surface area contributed by atoms with E-state index in [1.54, 1.807) is 6.08 Å². The van der Waals surface area contributed by atoms with Crippen molar-refractivity contribution in [2.75, 3.05) is 0 Å². The molecule has 0 radical (unpaired) electrons. The maximum atomic E-state index is 10.9. The highest BCUT2D eigenvalue weighted by Gasteiger charge is 2.05. The summed E-state index contributed by atoms with van der Waals surface area (Å²) in [5.41, 5.74) is 1.55. The Bertz CT molecular complexity index is 613. The zero-order chi connectivity index (χ0) is 13.1. The second-order valence-corrected chi connectivity index (χ2v) is 4.97. The van der Waals surface area contributed by atoms with Gasteiger partial charge in [-0.25, -0.2) is 4.79 Å². The van der Waals surface area contributed by atoms with Gasteiger partial charge in [0.25, 0.3) is 0 Å². The Morgan fingerprint density at radius 2 is 2.22 bits per heavy atom. The van der Waals surface area contributed by atoms with Gasteiger partial charge < -0.3 is 9.67 Å². The second kappa shape index (κ2) is 5.40. The normalized spacial score (nSPS) is 12.0. The number of nitrogens with zero attached hydrogens (tertiary/aromatic N) is 1. The molecule has 0 aliphatic rings. The summed E-state index contributed by atoms with van der Waals surface area (Å²) < 4.78 is 3.06. The van der Waals surface area contributed by atoms with Crippen molar-refractivity contribution < 1.29 is 9.90 Å². The first kappa shape index (κ1) is 12.9. The zero-order valence-electron chi connectivity index (χ0n) is 10.1. The molecule has 0 aliphatic heterocycles. The van der Waals surface area contributed by atoms with Gasteiger partial charge in [-0.3, -0.25) is 0 Å². The molecule has 0 fully saturated rings. The number of halogens is 1. The van der Waals surface area contributed by atoms with E-state index in [1.807, 2.05) is 42.0 Å². The number of allylic oxidation sites excluding steroid dienone is 1. The molecule has 0 aliphatic carbocycles. The summed E-state index contributed by atoms with van der Waals surface area (Å²) in [6, 6.07) is 8.10. The maximum absolute atomic E-state index is 10.9. The van der Waals surface area contributed by atoms with Crippen LogP contribution in [0.2, 0.25) is 0 Å². The highest BCUT2D eigenvalue weighted by Crippen LogP contribution is 2.21. The molecule has 3 nitrogen and oxygen atoms in total. The van der Waals surface area contributed by atoms with Crippen LogP contribution in [0.1, 0.15) is 13.3 Å². The molecule has 1 N–H and O–H groups in total. The monoisotopic (exact) mass is 307 g/mol. The highest BCUT2D eigenvalue weighted by atomic mass is 79.9. The van der Waals surface area contributed by atoms with Crippen LogP contribution in [0.15, 0.2) is 46.6 Å². The second-order valence-electron chi connectivity index (χ2n) is 4.06. The summed E-state index contributed by atoms with van der Waals surface area (Å²) in [6.07, 6.45) is 4.28. The van der Waals surface area contributed by atoms with Crippen LogP contribution >= 0.6 is 15.9 Å². The Hall–Kier alpha value is -1.55. The Morgan fingerprint density at radius 3 is 2.89 bits per heavy atom. The van der Waals surface area contributed by atoms with Crippen LogP contribution in [0, 0.1) is 0 Å². The van der Waals surface area contributed by atoms with E-state index in [4.69, 9.17) is 5.11 Å². The summed E-state index contributed by atoms with van der Waals surface area (Å²) in [6.45, 7) is 2.43. The largest absolute Gasteiger partial charge is 0.478 e. The standard InChI is InChI=1S/C14H14BrNO2/c1-2-10(14(17)18)5-7-16-8-6-11-3-4-12(15)9-13(11)16/h3-6,8-9H,2,7H2,1H3,(H,17,18). The highest BCUT2D eigenvalue weighted by molar-refractivity contribution is 9.10. The molecule has 2 rings (SSSR count). The van der Waals surface area contributed by atoms with Gasteiger partial charge in [0.05, 0.1) is 0 Å². The van der Waals surface area contributed by atoms with Crippen LogP contribution in [0.25, 0.3) is 10.9 Å². The van der Waals surface area contributed by atoms with Crippen LogP contribution < -0.4 is 0 Å². The number of carbonyl (C=O) groups is 1. The first-order valence-corrected chi connectivity index (χ1v) is 6.58. The molecule has 4 heteroatoms. The van der Waals surface area contributed by atoms with E-state index in [0.717, 1.165) is 15.4 Å². The van der Waals surface area contributed by atoms with E-state index >= 15 is 0 Å². The number of carboxylic acids is 1. The number of benzene rings is 1. The molecule has 94 valence electrons. The fourth-order valence-electron chi connectivity index (χ4n) is 1.91. The van der Waals surface area contributed by atoms with E-state index in [9.17, 15) is 4.79 Å². The van der Waals surface area contributed by atoms with Gasteiger partial charge in [0.15, 0.2) is 0 Å². The van der Waals surface area contributed by atoms with Crippen molar-refractivity contribution >= 4 is 32.8 Å². The molecular formula is C14H14BrNO2. The predicted octanol–water partition coefficient (Wildman–Crippen LogP) is 3.82. The summed E-state index contributed by atoms with van der Waals surface area (Å²) >= 11 is 3.45. The summed E-state index contributed by atoms with van der Waals surface area (Å²) in [5.74, 6) is -0.838. The van der Waals surface area contributed by atoms with Crippen LogP contribution in [0.3, 0.4) is 0 Å². The van der Waals surface area contributed by atoms with E-state index in [0.29, 0.717) is 18.5 Å². The first-order chi connectivity index (χ1) is 8.61. The van der Waals surface area contributed by atoms with Gasteiger partial charge in [0.2, 0.25) is 0 Å². The van der Waals surface area contributed by atoms with Gasteiger partial charge in [-0.1, -0.05) is 35.0 Å². The SMILES string of the molecule is CCC(=CCn1ccc2ccc(Br)cc21)C(=O)O. The van der Waals surface area contributed by atoms with E-state index in [-0.39, 0.29) is 0 Å². The van der Waals surface area contributed by atoms with Gasteiger partial charge in [-0.15, -0.1) is 0 Å². The molecule has 0 spiro atoms. The number of aromatic nitrogens is 1. The lowest BCUT2D eigenvalue weighted by Crippen LogP contribution is -2.02. The minimum atomic E-state index is -0.838. The third-order valence-corrected chi connectivity index (χ3v) is 3.42. The minimum absolute atomic E-state index is 0.451. The Labute approximate surface area is 114 Å². The van der Waals surface area contributed by atoms with Crippen molar-refractivity contribution in [1.82, 2.24) is 4.57 Å². The van der Waals surface area contributed by atoms with Gasteiger partial charge in [0, 0.05) is 28.3 Å². The fraction of sp³-hybridized carbons (Fsp3) is 0.214. The molecule has 0 atom stereocenters. The van der Waals surface area contributed by atoms with E-state index in [1.165, 1.54) is 0 Å². The van der Waals surface area contributed by atoms with E-state index < -0.39 is 5.97 Å². The Morgan fingerprint density at radius 1 is 1.44 bits per heavy atom. The number of aliphatic carboxylic acids is 1. The quantitative estimate of drug-likeness (QED) is 0.872. The Balaban J connectivity index is 2.32. The molecule has 0 amide bonds. The molecule has 0 saturated heterocycles. The summed E-state index contributed by atoms with van der Waals surface area (Å²) in [5, 5.41) is 10.1. The van der Waals surface area contributed by atoms with Crippen LogP contribution in [0.5, 0.6) is 0 Å². The predicted molar refractivity (Wildman–Crippen MR) is 75.6 cm³/mol. The molecule has 1 aromatic heterocycles. The molecule has 2 aromatic rings. The molecule has 0 saturated carbocycles. The Kier molecular flexibility index (Phi) is 3.87. The molecular weight excluding hydrogens is 294 g/mol. The lowest BCUT2D eigenvalue weighted by Gasteiger charge is -2.03. The lowest BCUT2D eigenvalue weighted by atomic mass is 10.2. The molecule has 1 heterocycles. The van der Waals surface area contributed by atoms with Crippen molar-refractivity contribution in [3.63, 3.8) is 0 Å². The summed E-state index contributed by atoms with van der Waals surface area (Å²) in [7, 11) is 0. The number of hydrogen-bond acceptors (Lipinski definition) is 1. The fourth-order valence-corrected chi connectivity index (χ4v) is 2.26. The number of fused-ring (bicyclic) bond motifs is 1. The molecule has 1 aromatic carbocycles. The third kappa shape index (κ3) is 2.64. The number of carboxylic acid groups (broad SMARTS) is 1. The average Bonchev–Trinajstić information content (AvgIpc) is 2.72. The van der Waals surface area contributed by atoms with Crippen molar-refractivity contribution in [2.24, 2.45) is 0 Å². The van der Waals surface area contributed by atoms with Gasteiger partial charge in [-0.2, -0.15) is 0 Å². The lowest BCUT2D eigenvalue weighted by molar-refractivity contribution is -0.132. The minimum Gasteiger partial charge on any atom is -0.478 e. The average molecular weight is 308 g/mol. The first-order valence-electron chi connectivity index (χ1n) is 5.78. The molecule has 0 unspecified atom stereocenters. The van der Waals surface area contributed by atoms with Gasteiger partial charge in [-0.05, 0) is 30.0 Å². The van der Waals surface area contributed by atoms with Crippen LogP contribution in [0.4, 0.5) is 0 Å². The molecule has 18 heavy (non-hydrogen) atoms. The smallest absolute Gasteiger partial charge is 0.331 e. The summed E-state index contributed by atoms with van der Waals surface area (Å²) in [4.78, 5) is 10.9. The third-order valence-electron chi connectivity index (χ3n) is 2.93. The molecule has 0 bridgehead atoms. The number of rotatable bonds is 4. The zero-order valence-corrected chi connectivity index (χ0v) is 11.6. The van der Waals surface area contributed by atoms with Crippen LogP contribution in [-0.4, -0.2) is 15.6 Å². The van der Waals surface area contributed by atoms with E-state index in [2.05, 4.69) is 15.9 Å². The van der Waals surface area contributed by atoms with Gasteiger partial charge in [0.1, 0.15) is 0 Å². The van der Waals surface area contributed by atoms with Crippen LogP contribution in [-0.2, 0) is 11.3 Å². The maximum Gasteiger partial charge on any atom is 0.331 e. The van der Waals surface area contributed by atoms with Crippen molar-refractivity contribution in [3.8, 4) is 0 Å². The number of hydrogen-bond donors (Lipinski definition) is 1. The van der Waals surface area contributed by atoms with Crippen molar-refractivity contribution in [3.05, 3.63) is 46.6 Å². The van der Waals surface area contributed by atoms with Crippen molar-refractivity contribution in [1.29, 1.82) is 0 Å². The van der Waals surface area contributed by atoms with Crippen molar-refractivity contribution in [2.45, 2.75) is 19.9 Å². The van der Waals surface area contributed by atoms with Gasteiger partial charge >= 0.3 is 5.97 Å². The topological polar surface area (TPSA) is 42.2 Å².